The van der Waals surface area contributed by atoms with Gasteiger partial charge in [0.1, 0.15) is 42.8 Å². The molecule has 0 aromatic heterocycles. The summed E-state index contributed by atoms with van der Waals surface area (Å²) in [5, 5.41) is 1.59. The maximum absolute atomic E-state index is 12.4. The first-order valence-electron chi connectivity index (χ1n) is 10.4. The fourth-order valence-electron chi connectivity index (χ4n) is 3.41. The first-order valence-corrected chi connectivity index (χ1v) is 14.9. The third-order valence-corrected chi connectivity index (χ3v) is 10.2. The predicted octanol–water partition coefficient (Wildman–Crippen LogP) is 2.72. The Morgan fingerprint density at radius 3 is 2.23 bits per heavy atom. The van der Waals surface area contributed by atoms with E-state index in [0.29, 0.717) is 28.8 Å². The Morgan fingerprint density at radius 1 is 0.914 bits per heavy atom. The van der Waals surface area contributed by atoms with E-state index in [2.05, 4.69) is 4.18 Å². The van der Waals surface area contributed by atoms with Crippen molar-refractivity contribution in [2.75, 3.05) is 45.0 Å². The molecule has 0 amide bonds. The van der Waals surface area contributed by atoms with E-state index in [1.807, 2.05) is 18.2 Å². The van der Waals surface area contributed by atoms with Crippen LogP contribution in [0.3, 0.4) is 0 Å². The molecule has 0 saturated carbocycles. The Bertz CT molecular complexity index is 1230. The SMILES string of the molecule is COCCOc1cccc2c(OCCOS(=O)(=O)NS(=O)(=O)C(F)(F)F)ccc([S+]3CCCC3)c12. The van der Waals surface area contributed by atoms with Crippen LogP contribution in [0.15, 0.2) is 35.2 Å². The summed E-state index contributed by atoms with van der Waals surface area (Å²) in [5.41, 5.74) is -5.80. The quantitative estimate of drug-likeness (QED) is 0.311. The molecule has 0 bridgehead atoms. The zero-order chi connectivity index (χ0) is 25.7. The number of alkyl halides is 3. The maximum atomic E-state index is 12.4. The number of methoxy groups -OCH3 is 1. The van der Waals surface area contributed by atoms with Gasteiger partial charge in [0.15, 0.2) is 4.90 Å². The Labute approximate surface area is 204 Å². The number of hydrogen-bond donors (Lipinski definition) is 1. The Balaban J connectivity index is 1.76. The summed E-state index contributed by atoms with van der Waals surface area (Å²) in [6.45, 7) is -0.354. The van der Waals surface area contributed by atoms with Gasteiger partial charge < -0.3 is 14.2 Å². The minimum Gasteiger partial charge on any atom is -0.490 e. The van der Waals surface area contributed by atoms with Crippen molar-refractivity contribution >= 4 is 42.0 Å². The van der Waals surface area contributed by atoms with Gasteiger partial charge in [-0.05, 0) is 31.0 Å². The summed E-state index contributed by atoms with van der Waals surface area (Å²) >= 11 is 0. The molecular formula is C20H25F3NO8S3+. The standard InChI is InChI=1S/C20H25F3NO8S3/c1-29-9-10-31-17-6-4-5-15-16(7-8-18(19(15)17)33-13-2-3-14-33)30-11-12-32-35(27,28)24-34(25,26)20(21,22)23/h4-8,24H,2-3,9-14H2,1H3/q+1. The van der Waals surface area contributed by atoms with Gasteiger partial charge in [0.25, 0.3) is 0 Å². The summed E-state index contributed by atoms with van der Waals surface area (Å²) in [6.07, 6.45) is 2.28. The summed E-state index contributed by atoms with van der Waals surface area (Å²) in [5.74, 6) is 3.18. The van der Waals surface area contributed by atoms with Crippen LogP contribution < -0.4 is 13.6 Å². The number of nitrogens with one attached hydrogen (secondary N) is 1. The molecule has 15 heteroatoms. The van der Waals surface area contributed by atoms with Crippen molar-refractivity contribution in [3.63, 3.8) is 0 Å². The molecule has 1 fully saturated rings. The summed E-state index contributed by atoms with van der Waals surface area (Å²) < 4.78 is 104. The molecule has 1 aliphatic rings. The highest BCUT2D eigenvalue weighted by Gasteiger charge is 2.48. The molecule has 9 nitrogen and oxygen atoms in total. The molecule has 0 atom stereocenters. The van der Waals surface area contributed by atoms with Crippen molar-refractivity contribution in [3.05, 3.63) is 30.3 Å². The largest absolute Gasteiger partial charge is 0.512 e. The lowest BCUT2D eigenvalue weighted by atomic mass is 10.1. The number of ether oxygens (including phenoxy) is 3. The van der Waals surface area contributed by atoms with Gasteiger partial charge in [0.2, 0.25) is 0 Å². The van der Waals surface area contributed by atoms with E-state index >= 15 is 0 Å². The Kier molecular flexibility index (Phi) is 9.15. The van der Waals surface area contributed by atoms with E-state index in [1.165, 1.54) is 0 Å². The lowest BCUT2D eigenvalue weighted by Crippen LogP contribution is -2.41. The van der Waals surface area contributed by atoms with E-state index in [-0.39, 0.29) is 17.5 Å². The van der Waals surface area contributed by atoms with Crippen LogP contribution in [0.2, 0.25) is 0 Å². The fraction of sp³-hybridized carbons (Fsp3) is 0.500. The molecule has 196 valence electrons. The van der Waals surface area contributed by atoms with Crippen molar-refractivity contribution < 1.29 is 48.4 Å². The van der Waals surface area contributed by atoms with E-state index in [9.17, 15) is 30.0 Å². The number of hydrogen-bond acceptors (Lipinski definition) is 8. The molecule has 1 saturated heterocycles. The van der Waals surface area contributed by atoms with Crippen molar-refractivity contribution in [3.8, 4) is 11.5 Å². The number of sulfonamides is 1. The summed E-state index contributed by atoms with van der Waals surface area (Å²) in [7, 11) is -9.74. The Hall–Kier alpha value is -1.78. The number of benzene rings is 2. The van der Waals surface area contributed by atoms with Gasteiger partial charge in [-0.25, -0.2) is 8.42 Å². The van der Waals surface area contributed by atoms with Crippen LogP contribution in [0, 0.1) is 0 Å². The predicted molar refractivity (Wildman–Crippen MR) is 124 cm³/mol. The highest BCUT2D eigenvalue weighted by molar-refractivity contribution is 8.03. The first kappa shape index (κ1) is 27.8. The fourth-order valence-corrected chi connectivity index (χ4v) is 7.85. The van der Waals surface area contributed by atoms with Crippen molar-refractivity contribution in [2.45, 2.75) is 23.2 Å². The average molecular weight is 561 g/mol. The van der Waals surface area contributed by atoms with Crippen LogP contribution in [0.25, 0.3) is 10.8 Å². The third-order valence-electron chi connectivity index (χ3n) is 4.91. The van der Waals surface area contributed by atoms with Gasteiger partial charge in [-0.3, -0.25) is 4.18 Å². The van der Waals surface area contributed by atoms with Crippen LogP contribution in [0.1, 0.15) is 12.8 Å². The van der Waals surface area contributed by atoms with Crippen LogP contribution >= 0.6 is 0 Å². The smallest absolute Gasteiger partial charge is 0.490 e. The van der Waals surface area contributed by atoms with Gasteiger partial charge in [0.05, 0.1) is 12.0 Å². The lowest BCUT2D eigenvalue weighted by molar-refractivity contribution is -0.0442. The molecule has 0 spiro atoms. The number of halogens is 3. The highest BCUT2D eigenvalue weighted by atomic mass is 32.3. The van der Waals surface area contributed by atoms with Gasteiger partial charge >= 0.3 is 25.8 Å². The van der Waals surface area contributed by atoms with Gasteiger partial charge in [0, 0.05) is 23.4 Å². The maximum Gasteiger partial charge on any atom is 0.512 e. The second-order valence-electron chi connectivity index (χ2n) is 7.35. The second kappa shape index (κ2) is 11.5. The summed E-state index contributed by atoms with van der Waals surface area (Å²) in [6, 6.07) is 9.12. The third kappa shape index (κ3) is 7.13. The van der Waals surface area contributed by atoms with E-state index < -0.39 is 32.4 Å². The van der Waals surface area contributed by atoms with Crippen molar-refractivity contribution in [1.29, 1.82) is 0 Å². The lowest BCUT2D eigenvalue weighted by Gasteiger charge is -2.15. The molecule has 1 aliphatic heterocycles. The molecule has 3 rings (SSSR count). The van der Waals surface area contributed by atoms with Crippen LogP contribution in [0.4, 0.5) is 13.2 Å². The van der Waals surface area contributed by atoms with E-state index in [0.717, 1.165) is 40.0 Å². The zero-order valence-corrected chi connectivity index (χ0v) is 21.1. The van der Waals surface area contributed by atoms with Crippen LogP contribution in [-0.4, -0.2) is 67.4 Å². The van der Waals surface area contributed by atoms with E-state index in [4.69, 9.17) is 14.2 Å². The monoisotopic (exact) mass is 560 g/mol. The topological polar surface area (TPSA) is 117 Å². The summed E-state index contributed by atoms with van der Waals surface area (Å²) in [4.78, 5) is 1.14. The average Bonchev–Trinajstić information content (AvgIpc) is 3.30. The second-order valence-corrected chi connectivity index (χ2v) is 12.9. The first-order chi connectivity index (χ1) is 16.5. The number of fused-ring (bicyclic) bond motifs is 1. The molecule has 0 unspecified atom stereocenters. The van der Waals surface area contributed by atoms with Gasteiger partial charge in [-0.15, -0.1) is 0 Å². The molecule has 0 radical (unpaired) electrons. The van der Waals surface area contributed by atoms with E-state index in [1.54, 1.807) is 19.2 Å². The minimum atomic E-state index is -6.13. The minimum absolute atomic E-state index is 0.0447. The molecule has 2 aromatic carbocycles. The van der Waals surface area contributed by atoms with Gasteiger partial charge in [-0.2, -0.15) is 21.6 Å². The van der Waals surface area contributed by atoms with Crippen molar-refractivity contribution in [2.24, 2.45) is 0 Å². The normalized spacial score (nSPS) is 15.5. The molecule has 0 aliphatic carbocycles. The van der Waals surface area contributed by atoms with Gasteiger partial charge in [-0.1, -0.05) is 16.3 Å². The highest BCUT2D eigenvalue weighted by Crippen LogP contribution is 2.39. The van der Waals surface area contributed by atoms with Crippen LogP contribution in [0.5, 0.6) is 11.5 Å². The number of rotatable bonds is 12. The molecule has 1 heterocycles. The molecule has 1 N–H and O–H groups in total. The zero-order valence-electron chi connectivity index (χ0n) is 18.7. The Morgan fingerprint density at radius 2 is 1.57 bits per heavy atom. The van der Waals surface area contributed by atoms with Crippen molar-refractivity contribution in [1.82, 2.24) is 4.13 Å². The molecule has 35 heavy (non-hydrogen) atoms. The molecule has 2 aromatic rings. The molecular weight excluding hydrogens is 535 g/mol. The van der Waals surface area contributed by atoms with Crippen LogP contribution in [-0.2, 0) is 40.1 Å².